The van der Waals surface area contributed by atoms with Gasteiger partial charge in [-0.3, -0.25) is 0 Å². The molecule has 1 aromatic heterocycles. The van der Waals surface area contributed by atoms with Crippen molar-refractivity contribution < 1.29 is 8.42 Å². The summed E-state index contributed by atoms with van der Waals surface area (Å²) in [6.45, 7) is 1.63. The number of nitrogens with zero attached hydrogens (tertiary/aromatic N) is 2. The first kappa shape index (κ1) is 13.8. The van der Waals surface area contributed by atoms with E-state index in [0.29, 0.717) is 10.7 Å². The quantitative estimate of drug-likeness (QED) is 0.882. The van der Waals surface area contributed by atoms with Crippen LogP contribution in [0.2, 0.25) is 5.02 Å². The summed E-state index contributed by atoms with van der Waals surface area (Å²) in [5.74, 6) is 0.279. The zero-order valence-electron chi connectivity index (χ0n) is 10.4. The molecule has 2 rings (SSSR count). The largest absolute Gasteiger partial charge is 0.339 e. The van der Waals surface area contributed by atoms with E-state index in [-0.39, 0.29) is 11.0 Å². The molecule has 0 fully saturated rings. The van der Waals surface area contributed by atoms with Gasteiger partial charge in [0.25, 0.3) is 0 Å². The van der Waals surface area contributed by atoms with E-state index in [1.54, 1.807) is 6.92 Å². The van der Waals surface area contributed by atoms with Crippen LogP contribution in [0.5, 0.6) is 0 Å². The number of sulfone groups is 1. The van der Waals surface area contributed by atoms with Gasteiger partial charge in [-0.15, -0.1) is 0 Å². The highest BCUT2D eigenvalue weighted by atomic mass is 35.5. The molecule has 19 heavy (non-hydrogen) atoms. The number of rotatable bonds is 3. The van der Waals surface area contributed by atoms with Gasteiger partial charge >= 0.3 is 0 Å². The van der Waals surface area contributed by atoms with Crippen LogP contribution in [0.15, 0.2) is 35.5 Å². The van der Waals surface area contributed by atoms with Crippen LogP contribution in [0.25, 0.3) is 0 Å². The molecule has 5 nitrogen and oxygen atoms in total. The maximum Gasteiger partial charge on any atom is 0.249 e. The summed E-state index contributed by atoms with van der Waals surface area (Å²) in [4.78, 5) is 7.83. The lowest BCUT2D eigenvalue weighted by molar-refractivity contribution is 0.592. The second kappa shape index (κ2) is 5.14. The third-order valence-corrected chi connectivity index (χ3v) is 3.66. The summed E-state index contributed by atoms with van der Waals surface area (Å²) in [5.41, 5.74) is 1.18. The third-order valence-electron chi connectivity index (χ3n) is 2.36. The second-order valence-corrected chi connectivity index (χ2v) is 6.30. The number of hydrogen-bond donors (Lipinski definition) is 1. The normalized spacial score (nSPS) is 11.3. The van der Waals surface area contributed by atoms with Crippen molar-refractivity contribution in [2.45, 2.75) is 12.1 Å². The number of benzene rings is 1. The van der Waals surface area contributed by atoms with Gasteiger partial charge in [-0.2, -0.15) is 4.98 Å². The van der Waals surface area contributed by atoms with E-state index in [4.69, 9.17) is 11.6 Å². The van der Waals surface area contributed by atoms with Crippen molar-refractivity contribution in [3.8, 4) is 0 Å². The molecular formula is C12H12ClN3O2S. The number of hydrogen-bond acceptors (Lipinski definition) is 5. The number of aromatic nitrogens is 2. The van der Waals surface area contributed by atoms with Crippen molar-refractivity contribution in [1.29, 1.82) is 0 Å². The predicted molar refractivity (Wildman–Crippen MR) is 74.6 cm³/mol. The first-order chi connectivity index (χ1) is 8.88. The molecule has 1 N–H and O–H groups in total. The number of aryl methyl sites for hydroxylation is 1. The molecule has 0 saturated heterocycles. The van der Waals surface area contributed by atoms with Crippen LogP contribution in [0, 0.1) is 6.92 Å². The number of halogens is 1. The minimum atomic E-state index is -3.48. The van der Waals surface area contributed by atoms with Gasteiger partial charge in [0.15, 0.2) is 5.82 Å². The molecule has 0 aliphatic carbocycles. The van der Waals surface area contributed by atoms with Crippen molar-refractivity contribution >= 4 is 32.9 Å². The van der Waals surface area contributed by atoms with Crippen LogP contribution in [-0.4, -0.2) is 24.6 Å². The summed E-state index contributed by atoms with van der Waals surface area (Å²) in [6.07, 6.45) is 1.06. The van der Waals surface area contributed by atoms with Gasteiger partial charge in [-0.05, 0) is 19.1 Å². The molecule has 0 amide bonds. The Morgan fingerprint density at radius 1 is 1.16 bits per heavy atom. The molecule has 0 aliphatic heterocycles. The number of para-hydroxylation sites is 1. The molecule has 7 heteroatoms. The maximum atomic E-state index is 11.5. The van der Waals surface area contributed by atoms with E-state index in [9.17, 15) is 8.42 Å². The Morgan fingerprint density at radius 2 is 1.79 bits per heavy atom. The van der Waals surface area contributed by atoms with Gasteiger partial charge < -0.3 is 5.32 Å². The monoisotopic (exact) mass is 297 g/mol. The molecule has 0 aliphatic rings. The molecule has 0 saturated carbocycles. The Morgan fingerprint density at radius 3 is 2.37 bits per heavy atom. The van der Waals surface area contributed by atoms with Gasteiger partial charge in [0, 0.05) is 11.9 Å². The van der Waals surface area contributed by atoms with Crippen molar-refractivity contribution in [1.82, 2.24) is 9.97 Å². The van der Waals surface area contributed by atoms with Gasteiger partial charge in [0.05, 0.1) is 5.69 Å². The van der Waals surface area contributed by atoms with E-state index >= 15 is 0 Å². The molecule has 0 atom stereocenters. The third kappa shape index (κ3) is 3.21. The summed E-state index contributed by atoms with van der Waals surface area (Å²) >= 11 is 6.08. The summed E-state index contributed by atoms with van der Waals surface area (Å²) in [7, 11) is -3.48. The first-order valence-electron chi connectivity index (χ1n) is 5.44. The zero-order chi connectivity index (χ0) is 14.0. The Balaban J connectivity index is 2.48. The van der Waals surface area contributed by atoms with Crippen LogP contribution in [0.4, 0.5) is 11.5 Å². The van der Waals surface area contributed by atoms with E-state index in [0.717, 1.165) is 11.9 Å². The Kier molecular flexibility index (Phi) is 3.73. The van der Waals surface area contributed by atoms with Gasteiger partial charge in [0.1, 0.15) is 5.02 Å². The first-order valence-corrected chi connectivity index (χ1v) is 7.71. The minimum Gasteiger partial charge on any atom is -0.339 e. The smallest absolute Gasteiger partial charge is 0.249 e. The molecule has 0 bridgehead atoms. The van der Waals surface area contributed by atoms with E-state index in [2.05, 4.69) is 15.3 Å². The van der Waals surface area contributed by atoms with Crippen LogP contribution in [0.1, 0.15) is 5.69 Å². The average Bonchev–Trinajstić information content (AvgIpc) is 2.34. The van der Waals surface area contributed by atoms with Crippen molar-refractivity contribution in [3.05, 3.63) is 41.0 Å². The highest BCUT2D eigenvalue weighted by Crippen LogP contribution is 2.26. The summed E-state index contributed by atoms with van der Waals surface area (Å²) < 4.78 is 23.0. The maximum absolute atomic E-state index is 11.5. The molecule has 1 aromatic carbocycles. The molecule has 0 radical (unpaired) electrons. The van der Waals surface area contributed by atoms with Gasteiger partial charge in [-0.25, -0.2) is 13.4 Å². The molecular weight excluding hydrogens is 286 g/mol. The number of nitrogens with one attached hydrogen (secondary N) is 1. The summed E-state index contributed by atoms with van der Waals surface area (Å²) in [6, 6.07) is 9.23. The van der Waals surface area contributed by atoms with E-state index in [1.807, 2.05) is 30.3 Å². The van der Waals surface area contributed by atoms with E-state index in [1.165, 1.54) is 0 Å². The molecule has 1 heterocycles. The van der Waals surface area contributed by atoms with Crippen molar-refractivity contribution in [2.24, 2.45) is 0 Å². The Labute approximate surface area is 116 Å². The Hall–Kier alpha value is -1.66. The van der Waals surface area contributed by atoms with Gasteiger partial charge in [0.2, 0.25) is 15.0 Å². The number of anilines is 2. The lowest BCUT2D eigenvalue weighted by atomic mass is 10.3. The Bertz CT molecular complexity index is 702. The molecule has 0 unspecified atom stereocenters. The molecule has 100 valence electrons. The van der Waals surface area contributed by atoms with Crippen LogP contribution < -0.4 is 5.32 Å². The standard InChI is InChI=1S/C12H12ClN3O2S/c1-8-10(13)11(15-9-6-4-3-5-7-9)16-12(14-8)19(2,17)18/h3-7H,1-2H3,(H,14,15,16). The average molecular weight is 298 g/mol. The lowest BCUT2D eigenvalue weighted by Gasteiger charge is -2.10. The fraction of sp³-hybridized carbons (Fsp3) is 0.167. The SMILES string of the molecule is Cc1nc(S(C)(=O)=O)nc(Nc2ccccc2)c1Cl. The minimum absolute atomic E-state index is 0.243. The predicted octanol–water partition coefficient (Wildman–Crippen LogP) is 2.59. The fourth-order valence-corrected chi connectivity index (χ4v) is 2.13. The van der Waals surface area contributed by atoms with Crippen LogP contribution >= 0.6 is 11.6 Å². The highest BCUT2D eigenvalue weighted by molar-refractivity contribution is 7.90. The van der Waals surface area contributed by atoms with Crippen LogP contribution in [0.3, 0.4) is 0 Å². The van der Waals surface area contributed by atoms with E-state index < -0.39 is 9.84 Å². The zero-order valence-corrected chi connectivity index (χ0v) is 12.0. The molecule has 0 spiro atoms. The topological polar surface area (TPSA) is 72.0 Å². The van der Waals surface area contributed by atoms with Gasteiger partial charge in [-0.1, -0.05) is 29.8 Å². The lowest BCUT2D eigenvalue weighted by Crippen LogP contribution is -2.08. The van der Waals surface area contributed by atoms with Crippen LogP contribution in [-0.2, 0) is 9.84 Å². The second-order valence-electron chi connectivity index (χ2n) is 4.02. The van der Waals surface area contributed by atoms with Crippen molar-refractivity contribution in [2.75, 3.05) is 11.6 Å². The summed E-state index contributed by atoms with van der Waals surface area (Å²) in [5, 5.41) is 3.04. The molecule has 2 aromatic rings. The highest BCUT2D eigenvalue weighted by Gasteiger charge is 2.16. The van der Waals surface area contributed by atoms with Crippen molar-refractivity contribution in [3.63, 3.8) is 0 Å². The fourth-order valence-electron chi connectivity index (χ4n) is 1.44.